The normalized spacial score (nSPS) is 13.0. The Balaban J connectivity index is 2.05. The minimum Gasteiger partial charge on any atom is -0.398 e. The van der Waals surface area contributed by atoms with E-state index in [9.17, 15) is 10.5 Å². The Morgan fingerprint density at radius 1 is 0.714 bits per heavy atom. The molecule has 5 rings (SSSR count). The molecule has 0 fully saturated rings. The SMILES string of the molecule is Cc1cc(C2(c3cc(C)c(N)c(C)c3)c3ccccc3-c3nc(C#N)c(C#N)nc32)cc(C)c1N. The van der Waals surface area contributed by atoms with E-state index in [1.165, 1.54) is 0 Å². The van der Waals surface area contributed by atoms with Crippen LogP contribution in [0.25, 0.3) is 11.3 Å². The number of aromatic nitrogens is 2. The Kier molecular flexibility index (Phi) is 4.86. The molecule has 4 N–H and O–H groups in total. The van der Waals surface area contributed by atoms with Gasteiger partial charge in [-0.15, -0.1) is 0 Å². The maximum Gasteiger partial charge on any atom is 0.177 e. The van der Waals surface area contributed by atoms with Gasteiger partial charge in [0.25, 0.3) is 0 Å². The van der Waals surface area contributed by atoms with Crippen LogP contribution < -0.4 is 11.5 Å². The topological polar surface area (TPSA) is 125 Å². The van der Waals surface area contributed by atoms with Crippen LogP contribution in [0.2, 0.25) is 0 Å². The molecule has 0 amide bonds. The monoisotopic (exact) mass is 456 g/mol. The van der Waals surface area contributed by atoms with Crippen molar-refractivity contribution >= 4 is 11.4 Å². The molecule has 6 heteroatoms. The van der Waals surface area contributed by atoms with Gasteiger partial charge in [0.15, 0.2) is 11.4 Å². The van der Waals surface area contributed by atoms with Gasteiger partial charge < -0.3 is 11.5 Å². The van der Waals surface area contributed by atoms with Gasteiger partial charge in [-0.3, -0.25) is 0 Å². The maximum absolute atomic E-state index is 9.82. The predicted molar refractivity (Wildman–Crippen MR) is 137 cm³/mol. The summed E-state index contributed by atoms with van der Waals surface area (Å²) in [7, 11) is 0. The van der Waals surface area contributed by atoms with E-state index in [4.69, 9.17) is 16.5 Å². The van der Waals surface area contributed by atoms with Crippen LogP contribution in [0.5, 0.6) is 0 Å². The van der Waals surface area contributed by atoms with Gasteiger partial charge in [-0.2, -0.15) is 10.5 Å². The number of fused-ring (bicyclic) bond motifs is 3. The van der Waals surface area contributed by atoms with Gasteiger partial charge in [-0.05, 0) is 66.6 Å². The van der Waals surface area contributed by atoms with Crippen LogP contribution in [-0.4, -0.2) is 9.97 Å². The van der Waals surface area contributed by atoms with Crippen LogP contribution >= 0.6 is 0 Å². The number of nitrogens with two attached hydrogens (primary N) is 2. The molecule has 0 unspecified atom stereocenters. The molecule has 4 aromatic rings. The number of hydrogen-bond donors (Lipinski definition) is 2. The third-order valence-corrected chi connectivity index (χ3v) is 7.10. The highest BCUT2D eigenvalue weighted by atomic mass is 14.9. The lowest BCUT2D eigenvalue weighted by Gasteiger charge is -2.34. The molecule has 0 bridgehead atoms. The molecule has 3 aromatic carbocycles. The van der Waals surface area contributed by atoms with Crippen molar-refractivity contribution < 1.29 is 0 Å². The number of nitrogen functional groups attached to an aromatic ring is 2. The first-order valence-corrected chi connectivity index (χ1v) is 11.3. The van der Waals surface area contributed by atoms with E-state index in [0.29, 0.717) is 11.4 Å². The maximum atomic E-state index is 9.82. The van der Waals surface area contributed by atoms with Crippen LogP contribution in [0, 0.1) is 50.4 Å². The van der Waals surface area contributed by atoms with Crippen molar-refractivity contribution in [2.24, 2.45) is 0 Å². The lowest BCUT2D eigenvalue weighted by atomic mass is 9.68. The first kappa shape index (κ1) is 22.1. The number of nitriles is 2. The molecular formula is C29H24N6. The van der Waals surface area contributed by atoms with E-state index in [1.807, 2.05) is 52.0 Å². The van der Waals surface area contributed by atoms with Crippen molar-refractivity contribution in [3.8, 4) is 23.4 Å². The Hall–Kier alpha value is -4.68. The lowest BCUT2D eigenvalue weighted by molar-refractivity contribution is 0.729. The molecule has 1 aliphatic rings. The predicted octanol–water partition coefficient (Wildman–Crippen LogP) is 4.98. The molecule has 1 heterocycles. The molecule has 0 spiro atoms. The second kappa shape index (κ2) is 7.68. The largest absolute Gasteiger partial charge is 0.398 e. The molecule has 6 nitrogen and oxygen atoms in total. The smallest absolute Gasteiger partial charge is 0.177 e. The molecular weight excluding hydrogens is 432 g/mol. The van der Waals surface area contributed by atoms with Gasteiger partial charge in [-0.25, -0.2) is 9.97 Å². The molecule has 35 heavy (non-hydrogen) atoms. The van der Waals surface area contributed by atoms with Gasteiger partial charge in [0.2, 0.25) is 0 Å². The van der Waals surface area contributed by atoms with Crippen molar-refractivity contribution in [3.05, 3.63) is 105 Å². The number of aryl methyl sites for hydroxylation is 4. The quantitative estimate of drug-likeness (QED) is 0.361. The number of hydrogen-bond acceptors (Lipinski definition) is 6. The van der Waals surface area contributed by atoms with Crippen LogP contribution in [0.4, 0.5) is 11.4 Å². The molecule has 1 aromatic heterocycles. The zero-order chi connectivity index (χ0) is 25.1. The first-order valence-electron chi connectivity index (χ1n) is 11.3. The van der Waals surface area contributed by atoms with Crippen molar-refractivity contribution in [3.63, 3.8) is 0 Å². The Morgan fingerprint density at radius 3 is 1.66 bits per heavy atom. The fourth-order valence-corrected chi connectivity index (χ4v) is 5.32. The molecule has 0 saturated carbocycles. The highest BCUT2D eigenvalue weighted by molar-refractivity contribution is 5.84. The molecule has 0 aliphatic heterocycles. The fourth-order valence-electron chi connectivity index (χ4n) is 5.32. The van der Waals surface area contributed by atoms with Gasteiger partial charge in [0, 0.05) is 16.9 Å². The van der Waals surface area contributed by atoms with Crippen molar-refractivity contribution in [1.29, 1.82) is 10.5 Å². The summed E-state index contributed by atoms with van der Waals surface area (Å²) in [5, 5.41) is 19.5. The van der Waals surface area contributed by atoms with E-state index in [2.05, 4.69) is 41.4 Å². The lowest BCUT2D eigenvalue weighted by Crippen LogP contribution is -2.31. The number of anilines is 2. The number of benzene rings is 3. The Labute approximate surface area is 204 Å². The van der Waals surface area contributed by atoms with E-state index in [0.717, 1.165) is 55.9 Å². The fraction of sp³-hybridized carbons (Fsp3) is 0.172. The highest BCUT2D eigenvalue weighted by Crippen LogP contribution is 2.55. The summed E-state index contributed by atoms with van der Waals surface area (Å²) in [5.74, 6) is 0. The first-order chi connectivity index (χ1) is 16.7. The molecule has 0 radical (unpaired) electrons. The zero-order valence-electron chi connectivity index (χ0n) is 20.1. The average Bonchev–Trinajstić information content (AvgIpc) is 3.14. The average molecular weight is 457 g/mol. The highest BCUT2D eigenvalue weighted by Gasteiger charge is 2.49. The third-order valence-electron chi connectivity index (χ3n) is 7.10. The summed E-state index contributed by atoms with van der Waals surface area (Å²) < 4.78 is 0. The standard InChI is InChI=1S/C29H24N6/c1-15-9-19(10-16(2)25(15)32)29(20-11-17(3)26(33)18(4)12-20)22-8-6-5-7-21(22)27-28(29)35-24(14-31)23(13-30)34-27/h5-12H,32-33H2,1-4H3. The Morgan fingerprint density at radius 2 is 1.17 bits per heavy atom. The molecule has 170 valence electrons. The van der Waals surface area contributed by atoms with E-state index in [-0.39, 0.29) is 11.4 Å². The van der Waals surface area contributed by atoms with E-state index >= 15 is 0 Å². The third kappa shape index (κ3) is 2.94. The summed E-state index contributed by atoms with van der Waals surface area (Å²) >= 11 is 0. The van der Waals surface area contributed by atoms with Gasteiger partial charge in [0.05, 0.1) is 16.8 Å². The second-order valence-corrected chi connectivity index (χ2v) is 9.18. The Bertz CT molecular complexity index is 1530. The zero-order valence-corrected chi connectivity index (χ0v) is 20.1. The van der Waals surface area contributed by atoms with Gasteiger partial charge in [0.1, 0.15) is 12.1 Å². The van der Waals surface area contributed by atoms with Crippen molar-refractivity contribution in [2.45, 2.75) is 33.1 Å². The minimum absolute atomic E-state index is 0.0104. The van der Waals surface area contributed by atoms with Gasteiger partial charge >= 0.3 is 0 Å². The summed E-state index contributed by atoms with van der Waals surface area (Å²) in [6, 6.07) is 20.4. The number of rotatable bonds is 2. The second-order valence-electron chi connectivity index (χ2n) is 9.18. The summed E-state index contributed by atoms with van der Waals surface area (Å²) in [6.07, 6.45) is 0. The molecule has 0 saturated heterocycles. The molecule has 1 aliphatic carbocycles. The number of nitrogens with zero attached hydrogens (tertiary/aromatic N) is 4. The minimum atomic E-state index is -0.870. The summed E-state index contributed by atoms with van der Waals surface area (Å²) in [5.41, 5.74) is 22.2. The summed E-state index contributed by atoms with van der Waals surface area (Å²) in [6.45, 7) is 7.97. The van der Waals surface area contributed by atoms with Crippen LogP contribution in [0.15, 0.2) is 48.5 Å². The summed E-state index contributed by atoms with van der Waals surface area (Å²) in [4.78, 5) is 9.48. The van der Waals surface area contributed by atoms with Gasteiger partial charge in [-0.1, -0.05) is 48.5 Å². The van der Waals surface area contributed by atoms with E-state index in [1.54, 1.807) is 0 Å². The van der Waals surface area contributed by atoms with E-state index < -0.39 is 5.41 Å². The van der Waals surface area contributed by atoms with Crippen LogP contribution in [0.3, 0.4) is 0 Å². The van der Waals surface area contributed by atoms with Crippen LogP contribution in [-0.2, 0) is 5.41 Å². The van der Waals surface area contributed by atoms with Crippen LogP contribution in [0.1, 0.15) is 56.0 Å². The van der Waals surface area contributed by atoms with Crippen molar-refractivity contribution in [2.75, 3.05) is 11.5 Å². The molecule has 0 atom stereocenters. The van der Waals surface area contributed by atoms with Crippen molar-refractivity contribution in [1.82, 2.24) is 9.97 Å².